The molecule has 134 valence electrons. The van der Waals surface area contributed by atoms with Crippen LogP contribution in [0.5, 0.6) is 0 Å². The molecule has 0 saturated carbocycles. The lowest BCUT2D eigenvalue weighted by atomic mass is 10.1. The third-order valence-corrected chi connectivity index (χ3v) is 4.10. The van der Waals surface area contributed by atoms with E-state index in [-0.39, 0.29) is 23.0 Å². The number of rotatable bonds is 3. The molecule has 0 atom stereocenters. The van der Waals surface area contributed by atoms with E-state index in [0.717, 1.165) is 4.57 Å². The highest BCUT2D eigenvalue weighted by Crippen LogP contribution is 2.33. The zero-order valence-electron chi connectivity index (χ0n) is 13.3. The number of aromatic nitrogens is 2. The number of nitrogen functional groups attached to an aromatic ring is 1. The van der Waals surface area contributed by atoms with Crippen LogP contribution in [0.2, 0.25) is 5.02 Å². The third-order valence-electron chi connectivity index (χ3n) is 3.77. The van der Waals surface area contributed by atoms with E-state index >= 15 is 0 Å². The van der Waals surface area contributed by atoms with Crippen LogP contribution in [-0.4, -0.2) is 9.55 Å². The maximum Gasteiger partial charge on any atom is 0.435 e. The molecular formula is C18H13ClF3N3O. The van der Waals surface area contributed by atoms with Crippen molar-refractivity contribution in [2.45, 2.75) is 12.7 Å². The Morgan fingerprint density at radius 1 is 1.04 bits per heavy atom. The van der Waals surface area contributed by atoms with Gasteiger partial charge in [0, 0.05) is 5.56 Å². The molecule has 0 spiro atoms. The highest BCUT2D eigenvalue weighted by Gasteiger charge is 2.37. The Balaban J connectivity index is 2.30. The van der Waals surface area contributed by atoms with Gasteiger partial charge in [-0.25, -0.2) is 4.98 Å². The second-order valence-electron chi connectivity index (χ2n) is 5.55. The third kappa shape index (κ3) is 3.43. The second kappa shape index (κ2) is 6.84. The Labute approximate surface area is 151 Å². The lowest BCUT2D eigenvalue weighted by molar-refractivity contribution is -0.140. The van der Waals surface area contributed by atoms with Gasteiger partial charge in [0.15, 0.2) is 5.69 Å². The minimum Gasteiger partial charge on any atom is -0.392 e. The van der Waals surface area contributed by atoms with Crippen LogP contribution in [0, 0.1) is 0 Å². The number of anilines is 1. The summed E-state index contributed by atoms with van der Waals surface area (Å²) >= 11 is 6.12. The van der Waals surface area contributed by atoms with Crippen LogP contribution in [0.25, 0.3) is 11.4 Å². The quantitative estimate of drug-likeness (QED) is 0.741. The van der Waals surface area contributed by atoms with Gasteiger partial charge >= 0.3 is 6.18 Å². The molecule has 0 aliphatic heterocycles. The Morgan fingerprint density at radius 3 is 2.27 bits per heavy atom. The molecule has 1 heterocycles. The smallest absolute Gasteiger partial charge is 0.392 e. The van der Waals surface area contributed by atoms with E-state index in [1.807, 2.05) is 0 Å². The SMILES string of the molecule is Nc1c(C(F)(F)F)nc(-c2ccccc2Cl)n(Cc2ccccc2)c1=O. The van der Waals surface area contributed by atoms with Gasteiger partial charge < -0.3 is 5.73 Å². The first-order chi connectivity index (χ1) is 12.3. The maximum absolute atomic E-state index is 13.3. The number of nitrogens with zero attached hydrogens (tertiary/aromatic N) is 2. The molecule has 26 heavy (non-hydrogen) atoms. The molecule has 4 nitrogen and oxygen atoms in total. The second-order valence-corrected chi connectivity index (χ2v) is 5.96. The summed E-state index contributed by atoms with van der Waals surface area (Å²) in [5, 5.41) is 0.180. The predicted molar refractivity (Wildman–Crippen MR) is 93.9 cm³/mol. The number of benzene rings is 2. The lowest BCUT2D eigenvalue weighted by Gasteiger charge is -2.17. The Morgan fingerprint density at radius 2 is 1.65 bits per heavy atom. The average Bonchev–Trinajstić information content (AvgIpc) is 2.60. The fourth-order valence-corrected chi connectivity index (χ4v) is 2.77. The summed E-state index contributed by atoms with van der Waals surface area (Å²) in [4.78, 5) is 16.3. The van der Waals surface area contributed by atoms with Crippen molar-refractivity contribution in [2.24, 2.45) is 0 Å². The molecular weight excluding hydrogens is 367 g/mol. The lowest BCUT2D eigenvalue weighted by Crippen LogP contribution is -2.30. The standard InChI is InChI=1S/C18H13ClF3N3O/c19-13-9-5-4-8-12(13)16-24-15(18(20,21)22)14(23)17(26)25(16)10-11-6-2-1-3-7-11/h1-9H,10,23H2. The molecule has 0 bridgehead atoms. The first-order valence-electron chi connectivity index (χ1n) is 7.55. The van der Waals surface area contributed by atoms with Crippen molar-refractivity contribution in [3.8, 4) is 11.4 Å². The Kier molecular flexibility index (Phi) is 4.73. The van der Waals surface area contributed by atoms with Gasteiger partial charge in [0.05, 0.1) is 11.6 Å². The van der Waals surface area contributed by atoms with Crippen LogP contribution in [-0.2, 0) is 12.7 Å². The molecule has 0 amide bonds. The fraction of sp³-hybridized carbons (Fsp3) is 0.111. The molecule has 0 fully saturated rings. The Bertz CT molecular complexity index is 1000. The van der Waals surface area contributed by atoms with Crippen molar-refractivity contribution in [1.82, 2.24) is 9.55 Å². The Hall–Kier alpha value is -2.80. The first kappa shape index (κ1) is 18.0. The number of alkyl halides is 3. The van der Waals surface area contributed by atoms with Crippen LogP contribution in [0.15, 0.2) is 59.4 Å². The number of hydrogen-bond donors (Lipinski definition) is 1. The molecule has 2 N–H and O–H groups in total. The van der Waals surface area contributed by atoms with Crippen molar-refractivity contribution in [1.29, 1.82) is 0 Å². The molecule has 0 radical (unpaired) electrons. The van der Waals surface area contributed by atoms with E-state index in [1.165, 1.54) is 12.1 Å². The fourth-order valence-electron chi connectivity index (χ4n) is 2.55. The first-order valence-corrected chi connectivity index (χ1v) is 7.93. The minimum absolute atomic E-state index is 0.00949. The molecule has 3 rings (SSSR count). The van der Waals surface area contributed by atoms with Gasteiger partial charge in [0.2, 0.25) is 0 Å². The molecule has 2 aromatic carbocycles. The van der Waals surface area contributed by atoms with E-state index < -0.39 is 23.1 Å². The minimum atomic E-state index is -4.86. The van der Waals surface area contributed by atoms with Crippen molar-refractivity contribution >= 4 is 17.3 Å². The molecule has 0 unspecified atom stereocenters. The predicted octanol–water partition coefficient (Wildman–Crippen LogP) is 4.21. The van der Waals surface area contributed by atoms with Gasteiger partial charge in [-0.05, 0) is 17.7 Å². The topological polar surface area (TPSA) is 60.9 Å². The monoisotopic (exact) mass is 379 g/mol. The van der Waals surface area contributed by atoms with E-state index in [1.54, 1.807) is 42.5 Å². The van der Waals surface area contributed by atoms with Crippen LogP contribution >= 0.6 is 11.6 Å². The van der Waals surface area contributed by atoms with Crippen molar-refractivity contribution in [2.75, 3.05) is 5.73 Å². The number of halogens is 4. The average molecular weight is 380 g/mol. The van der Waals surface area contributed by atoms with E-state index in [2.05, 4.69) is 4.98 Å². The van der Waals surface area contributed by atoms with Crippen molar-refractivity contribution < 1.29 is 13.2 Å². The zero-order valence-corrected chi connectivity index (χ0v) is 14.1. The van der Waals surface area contributed by atoms with Crippen molar-refractivity contribution in [3.05, 3.63) is 81.2 Å². The molecule has 0 saturated heterocycles. The van der Waals surface area contributed by atoms with E-state index in [0.29, 0.717) is 5.56 Å². The van der Waals surface area contributed by atoms with Gasteiger partial charge in [0.25, 0.3) is 5.56 Å². The van der Waals surface area contributed by atoms with Crippen molar-refractivity contribution in [3.63, 3.8) is 0 Å². The molecule has 1 aromatic heterocycles. The molecule has 0 aliphatic rings. The summed E-state index contributed by atoms with van der Waals surface area (Å²) in [6.45, 7) is 0.00949. The largest absolute Gasteiger partial charge is 0.435 e. The van der Waals surface area contributed by atoms with Gasteiger partial charge in [-0.15, -0.1) is 0 Å². The van der Waals surface area contributed by atoms with Gasteiger partial charge in [-0.2, -0.15) is 13.2 Å². The highest BCUT2D eigenvalue weighted by atomic mass is 35.5. The summed E-state index contributed by atoms with van der Waals surface area (Å²) in [6.07, 6.45) is -4.86. The van der Waals surface area contributed by atoms with Gasteiger partial charge in [-0.3, -0.25) is 9.36 Å². The zero-order chi connectivity index (χ0) is 18.9. The molecule has 0 aliphatic carbocycles. The van der Waals surface area contributed by atoms with E-state index in [9.17, 15) is 18.0 Å². The molecule has 8 heteroatoms. The summed E-state index contributed by atoms with van der Waals surface area (Å²) < 4.78 is 40.9. The van der Waals surface area contributed by atoms with Crippen LogP contribution < -0.4 is 11.3 Å². The molecule has 3 aromatic rings. The van der Waals surface area contributed by atoms with Gasteiger partial charge in [0.1, 0.15) is 11.5 Å². The normalized spacial score (nSPS) is 11.5. The number of nitrogens with two attached hydrogens (primary N) is 1. The summed E-state index contributed by atoms with van der Waals surface area (Å²) in [5.41, 5.74) is 3.06. The maximum atomic E-state index is 13.3. The van der Waals surface area contributed by atoms with Crippen LogP contribution in [0.3, 0.4) is 0 Å². The summed E-state index contributed by atoms with van der Waals surface area (Å²) in [7, 11) is 0. The number of hydrogen-bond acceptors (Lipinski definition) is 3. The van der Waals surface area contributed by atoms with Crippen LogP contribution in [0.4, 0.5) is 18.9 Å². The van der Waals surface area contributed by atoms with Crippen LogP contribution in [0.1, 0.15) is 11.3 Å². The van der Waals surface area contributed by atoms with E-state index in [4.69, 9.17) is 17.3 Å². The summed E-state index contributed by atoms with van der Waals surface area (Å²) in [6, 6.07) is 15.1. The summed E-state index contributed by atoms with van der Waals surface area (Å²) in [5.74, 6) is -0.189. The van der Waals surface area contributed by atoms with Gasteiger partial charge in [-0.1, -0.05) is 54.1 Å². The highest BCUT2D eigenvalue weighted by molar-refractivity contribution is 6.33.